The summed E-state index contributed by atoms with van der Waals surface area (Å²) in [6.07, 6.45) is 1.64. The van der Waals surface area contributed by atoms with Crippen molar-refractivity contribution in [2.75, 3.05) is 13.6 Å². The predicted molar refractivity (Wildman–Crippen MR) is 99.9 cm³/mol. The van der Waals surface area contributed by atoms with Crippen LogP contribution in [0.15, 0.2) is 58.4 Å². The molecule has 1 unspecified atom stereocenters. The van der Waals surface area contributed by atoms with Crippen molar-refractivity contribution in [3.05, 3.63) is 54.1 Å². The molecular formula is C18H23N3O3S. The monoisotopic (exact) mass is 361 g/mol. The van der Waals surface area contributed by atoms with E-state index < -0.39 is 10.0 Å². The first-order valence-electron chi connectivity index (χ1n) is 7.89. The third-order valence-electron chi connectivity index (χ3n) is 3.83. The van der Waals surface area contributed by atoms with Crippen molar-refractivity contribution in [3.8, 4) is 5.75 Å². The molecule has 1 atom stereocenters. The summed E-state index contributed by atoms with van der Waals surface area (Å²) in [5, 5.41) is 9.25. The van der Waals surface area contributed by atoms with Crippen LogP contribution < -0.4 is 4.72 Å². The third kappa shape index (κ3) is 5.58. The number of phenolic OH excluding ortho intramolecular Hbond substituents is 1. The Balaban J connectivity index is 1.93. The van der Waals surface area contributed by atoms with E-state index in [1.807, 2.05) is 25.8 Å². The summed E-state index contributed by atoms with van der Waals surface area (Å²) >= 11 is 0. The minimum Gasteiger partial charge on any atom is -0.508 e. The average Bonchev–Trinajstić information content (AvgIpc) is 2.59. The van der Waals surface area contributed by atoms with Crippen molar-refractivity contribution in [2.45, 2.75) is 24.8 Å². The molecule has 0 aliphatic heterocycles. The molecule has 0 aliphatic carbocycles. The second-order valence-corrected chi connectivity index (χ2v) is 7.71. The van der Waals surface area contributed by atoms with Gasteiger partial charge in [0.25, 0.3) is 0 Å². The second kappa shape index (κ2) is 8.13. The molecule has 2 aromatic carbocycles. The molecule has 0 bridgehead atoms. The summed E-state index contributed by atoms with van der Waals surface area (Å²) in [6, 6.07) is 13.2. The van der Waals surface area contributed by atoms with Crippen LogP contribution in [0.3, 0.4) is 0 Å². The van der Waals surface area contributed by atoms with E-state index in [1.54, 1.807) is 54.9 Å². The fourth-order valence-corrected chi connectivity index (χ4v) is 3.11. The third-order valence-corrected chi connectivity index (χ3v) is 5.27. The molecule has 2 rings (SSSR count). The molecule has 7 heteroatoms. The number of nitrogens with one attached hydrogen (secondary N) is 1. The van der Waals surface area contributed by atoms with Gasteiger partial charge < -0.3 is 10.0 Å². The zero-order valence-electron chi connectivity index (χ0n) is 14.5. The molecule has 0 spiro atoms. The maximum Gasteiger partial charge on any atom is 0.240 e. The number of phenols is 1. The summed E-state index contributed by atoms with van der Waals surface area (Å²) in [5.41, 5.74) is 1.72. The zero-order valence-corrected chi connectivity index (χ0v) is 15.4. The number of aromatic hydroxyl groups is 1. The van der Waals surface area contributed by atoms with E-state index in [0.717, 1.165) is 5.56 Å². The highest BCUT2D eigenvalue weighted by Crippen LogP contribution is 2.16. The van der Waals surface area contributed by atoms with E-state index in [1.165, 1.54) is 0 Å². The standard InChI is InChI=1S/C18H23N3O3S/c1-14-4-10-18(11-5-14)25(23,24)20-12-15(2)21(3)13-19-16-6-8-17(22)9-7-16/h4-11,13,15,20,22H,12H2,1-3H3. The van der Waals surface area contributed by atoms with Gasteiger partial charge in [-0.05, 0) is 50.2 Å². The Bertz CT molecular complexity index is 816. The largest absolute Gasteiger partial charge is 0.508 e. The Morgan fingerprint density at radius 3 is 2.36 bits per heavy atom. The summed E-state index contributed by atoms with van der Waals surface area (Å²) in [7, 11) is -1.70. The molecule has 2 aromatic rings. The quantitative estimate of drug-likeness (QED) is 0.587. The Labute approximate surface area is 148 Å². The molecule has 0 aromatic heterocycles. The van der Waals surface area contributed by atoms with Crippen LogP contribution >= 0.6 is 0 Å². The lowest BCUT2D eigenvalue weighted by atomic mass is 10.2. The summed E-state index contributed by atoms with van der Waals surface area (Å²) in [5.74, 6) is 0.186. The van der Waals surface area contributed by atoms with Crippen LogP contribution in [0.4, 0.5) is 5.69 Å². The van der Waals surface area contributed by atoms with Gasteiger partial charge in [0.15, 0.2) is 0 Å². The highest BCUT2D eigenvalue weighted by atomic mass is 32.2. The zero-order chi connectivity index (χ0) is 18.4. The molecule has 0 saturated heterocycles. The molecule has 0 amide bonds. The molecule has 0 fully saturated rings. The smallest absolute Gasteiger partial charge is 0.240 e. The topological polar surface area (TPSA) is 82.0 Å². The molecule has 0 saturated carbocycles. The van der Waals surface area contributed by atoms with Gasteiger partial charge in [-0.1, -0.05) is 17.7 Å². The molecule has 0 aliphatic rings. The molecule has 0 radical (unpaired) electrons. The SMILES string of the molecule is Cc1ccc(S(=O)(=O)NCC(C)N(C)C=Nc2ccc(O)cc2)cc1. The Kier molecular flexibility index (Phi) is 6.17. The minimum atomic E-state index is -3.53. The van der Waals surface area contributed by atoms with Crippen molar-refractivity contribution in [1.82, 2.24) is 9.62 Å². The first-order valence-corrected chi connectivity index (χ1v) is 9.38. The van der Waals surface area contributed by atoms with Gasteiger partial charge in [0, 0.05) is 19.6 Å². The highest BCUT2D eigenvalue weighted by molar-refractivity contribution is 7.89. The lowest BCUT2D eigenvalue weighted by Gasteiger charge is -2.22. The van der Waals surface area contributed by atoms with E-state index in [9.17, 15) is 13.5 Å². The van der Waals surface area contributed by atoms with Gasteiger partial charge in [-0.3, -0.25) is 0 Å². The van der Waals surface area contributed by atoms with Gasteiger partial charge >= 0.3 is 0 Å². The lowest BCUT2D eigenvalue weighted by Crippen LogP contribution is -2.39. The van der Waals surface area contributed by atoms with E-state index in [2.05, 4.69) is 9.71 Å². The van der Waals surface area contributed by atoms with Crippen LogP contribution in [0.5, 0.6) is 5.75 Å². The molecule has 25 heavy (non-hydrogen) atoms. The van der Waals surface area contributed by atoms with Crippen molar-refractivity contribution in [2.24, 2.45) is 4.99 Å². The average molecular weight is 361 g/mol. The number of nitrogens with zero attached hydrogens (tertiary/aromatic N) is 2. The van der Waals surface area contributed by atoms with E-state index in [-0.39, 0.29) is 23.2 Å². The van der Waals surface area contributed by atoms with Crippen LogP contribution in [0.1, 0.15) is 12.5 Å². The van der Waals surface area contributed by atoms with Gasteiger partial charge in [0.1, 0.15) is 5.75 Å². The normalized spacial score (nSPS) is 13.1. The van der Waals surface area contributed by atoms with Crippen molar-refractivity contribution >= 4 is 22.0 Å². The summed E-state index contributed by atoms with van der Waals surface area (Å²) in [6.45, 7) is 4.07. The fourth-order valence-electron chi connectivity index (χ4n) is 1.99. The molecule has 0 heterocycles. The first kappa shape index (κ1) is 19.0. The van der Waals surface area contributed by atoms with Gasteiger partial charge in [0.05, 0.1) is 16.9 Å². The number of hydrogen-bond donors (Lipinski definition) is 2. The first-order chi connectivity index (χ1) is 11.8. The van der Waals surface area contributed by atoms with Gasteiger partial charge in [-0.25, -0.2) is 18.1 Å². The number of sulfonamides is 1. The predicted octanol–water partition coefficient (Wildman–Crippen LogP) is 2.66. The van der Waals surface area contributed by atoms with Crippen LogP contribution in [0.25, 0.3) is 0 Å². The van der Waals surface area contributed by atoms with Crippen LogP contribution in [-0.2, 0) is 10.0 Å². The molecular weight excluding hydrogens is 338 g/mol. The number of aliphatic imine (C=N–C) groups is 1. The number of aryl methyl sites for hydroxylation is 1. The van der Waals surface area contributed by atoms with Crippen LogP contribution in [0, 0.1) is 6.92 Å². The number of likely N-dealkylation sites (N-methyl/N-ethyl adjacent to an activating group) is 1. The lowest BCUT2D eigenvalue weighted by molar-refractivity contribution is 0.397. The highest BCUT2D eigenvalue weighted by Gasteiger charge is 2.16. The molecule has 134 valence electrons. The minimum absolute atomic E-state index is 0.0823. The van der Waals surface area contributed by atoms with Crippen molar-refractivity contribution in [3.63, 3.8) is 0 Å². The Hall–Kier alpha value is -2.38. The van der Waals surface area contributed by atoms with E-state index in [0.29, 0.717) is 5.69 Å². The number of benzene rings is 2. The van der Waals surface area contributed by atoms with Crippen molar-refractivity contribution < 1.29 is 13.5 Å². The van der Waals surface area contributed by atoms with Gasteiger partial charge in [-0.2, -0.15) is 0 Å². The van der Waals surface area contributed by atoms with Crippen molar-refractivity contribution in [1.29, 1.82) is 0 Å². The fraction of sp³-hybridized carbons (Fsp3) is 0.278. The summed E-state index contributed by atoms with van der Waals surface area (Å²) in [4.78, 5) is 6.37. The number of hydrogen-bond acceptors (Lipinski definition) is 4. The molecule has 2 N–H and O–H groups in total. The van der Waals surface area contributed by atoms with Gasteiger partial charge in [-0.15, -0.1) is 0 Å². The molecule has 6 nitrogen and oxygen atoms in total. The van der Waals surface area contributed by atoms with E-state index in [4.69, 9.17) is 0 Å². The maximum absolute atomic E-state index is 12.3. The number of rotatable bonds is 7. The second-order valence-electron chi connectivity index (χ2n) is 5.94. The van der Waals surface area contributed by atoms with Crippen LogP contribution in [0.2, 0.25) is 0 Å². The summed E-state index contributed by atoms with van der Waals surface area (Å²) < 4.78 is 27.2. The maximum atomic E-state index is 12.3. The Morgan fingerprint density at radius 2 is 1.76 bits per heavy atom. The van der Waals surface area contributed by atoms with E-state index >= 15 is 0 Å². The Morgan fingerprint density at radius 1 is 1.16 bits per heavy atom. The van der Waals surface area contributed by atoms with Crippen LogP contribution in [-0.4, -0.2) is 44.4 Å². The van der Waals surface area contributed by atoms with Gasteiger partial charge in [0.2, 0.25) is 10.0 Å².